The van der Waals surface area contributed by atoms with Crippen molar-refractivity contribution < 1.29 is 0 Å². The quantitative estimate of drug-likeness (QED) is 0.390. The summed E-state index contributed by atoms with van der Waals surface area (Å²) in [5.74, 6) is 0. The van der Waals surface area contributed by atoms with Gasteiger partial charge in [0.25, 0.3) is 0 Å². The molecule has 0 aromatic heterocycles. The largest absolute Gasteiger partial charge is 0.0613 e. The van der Waals surface area contributed by atoms with Gasteiger partial charge in [0.05, 0.1) is 0 Å². The molecular formula is C19H16. The summed E-state index contributed by atoms with van der Waals surface area (Å²) in [6.07, 6.45) is 1.09. The molecule has 0 radical (unpaired) electrons. The van der Waals surface area contributed by atoms with Crippen LogP contribution in [0.2, 0.25) is 0 Å². The molecular weight excluding hydrogens is 228 g/mol. The van der Waals surface area contributed by atoms with E-state index in [9.17, 15) is 0 Å². The summed E-state index contributed by atoms with van der Waals surface area (Å²) < 4.78 is 0. The second kappa shape index (κ2) is 3.71. The number of rotatable bonds is 1. The van der Waals surface area contributed by atoms with E-state index in [1.165, 1.54) is 43.4 Å². The van der Waals surface area contributed by atoms with Crippen molar-refractivity contribution in [2.45, 2.75) is 20.3 Å². The highest BCUT2D eigenvalue weighted by atomic mass is 14.1. The van der Waals surface area contributed by atoms with Gasteiger partial charge in [-0.15, -0.1) is 0 Å². The van der Waals surface area contributed by atoms with Crippen LogP contribution in [0.5, 0.6) is 0 Å². The number of benzene rings is 4. The summed E-state index contributed by atoms with van der Waals surface area (Å²) in [4.78, 5) is 0. The van der Waals surface area contributed by atoms with Crippen LogP contribution in [0.1, 0.15) is 18.1 Å². The summed E-state index contributed by atoms with van der Waals surface area (Å²) in [5, 5.41) is 8.40. The Kier molecular flexibility index (Phi) is 2.11. The van der Waals surface area contributed by atoms with Gasteiger partial charge in [0.15, 0.2) is 0 Å². The lowest BCUT2D eigenvalue weighted by Gasteiger charge is -2.14. The average molecular weight is 244 g/mol. The summed E-state index contributed by atoms with van der Waals surface area (Å²) in [7, 11) is 0. The monoisotopic (exact) mass is 244 g/mol. The van der Waals surface area contributed by atoms with Gasteiger partial charge in [0.2, 0.25) is 0 Å². The fourth-order valence-corrected chi connectivity index (χ4v) is 3.32. The summed E-state index contributed by atoms with van der Waals surface area (Å²) in [5.41, 5.74) is 2.81. The molecule has 92 valence electrons. The van der Waals surface area contributed by atoms with Gasteiger partial charge in [-0.3, -0.25) is 0 Å². The van der Waals surface area contributed by atoms with Gasteiger partial charge >= 0.3 is 0 Å². The van der Waals surface area contributed by atoms with E-state index in [4.69, 9.17) is 0 Å². The molecule has 0 amide bonds. The Balaban J connectivity index is 2.39. The molecule has 0 saturated carbocycles. The fourth-order valence-electron chi connectivity index (χ4n) is 3.32. The van der Waals surface area contributed by atoms with Gasteiger partial charge in [-0.05, 0) is 56.8 Å². The van der Waals surface area contributed by atoms with Gasteiger partial charge < -0.3 is 0 Å². The molecule has 0 N–H and O–H groups in total. The third-order valence-corrected chi connectivity index (χ3v) is 4.35. The fraction of sp³-hybridized carbons (Fsp3) is 0.158. The Hall–Kier alpha value is -2.08. The maximum Gasteiger partial charge on any atom is -0.00239 e. The Labute approximate surface area is 113 Å². The van der Waals surface area contributed by atoms with Crippen molar-refractivity contribution in [2.75, 3.05) is 0 Å². The Morgan fingerprint density at radius 2 is 1.26 bits per heavy atom. The first kappa shape index (κ1) is 10.8. The van der Waals surface area contributed by atoms with Gasteiger partial charge in [-0.25, -0.2) is 0 Å². The smallest absolute Gasteiger partial charge is 0.00239 e. The molecule has 0 atom stereocenters. The van der Waals surface area contributed by atoms with E-state index in [2.05, 4.69) is 62.4 Å². The van der Waals surface area contributed by atoms with Crippen molar-refractivity contribution in [3.63, 3.8) is 0 Å². The van der Waals surface area contributed by atoms with Crippen LogP contribution in [0.15, 0.2) is 48.5 Å². The topological polar surface area (TPSA) is 0 Å². The zero-order valence-electron chi connectivity index (χ0n) is 11.3. The zero-order valence-corrected chi connectivity index (χ0v) is 11.3. The van der Waals surface area contributed by atoms with Crippen molar-refractivity contribution in [1.82, 2.24) is 0 Å². The first-order valence-corrected chi connectivity index (χ1v) is 6.95. The molecule has 0 heterocycles. The molecule has 0 saturated heterocycles. The molecule has 0 bridgehead atoms. The average Bonchev–Trinajstić information content (AvgIpc) is 2.46. The number of aryl methyl sites for hydroxylation is 2. The van der Waals surface area contributed by atoms with Crippen LogP contribution in [-0.2, 0) is 6.42 Å². The van der Waals surface area contributed by atoms with Crippen LogP contribution in [-0.4, -0.2) is 0 Å². The lowest BCUT2D eigenvalue weighted by molar-refractivity contribution is 1.16. The van der Waals surface area contributed by atoms with E-state index in [1.54, 1.807) is 0 Å². The molecule has 0 aliphatic rings. The lowest BCUT2D eigenvalue weighted by atomic mass is 9.90. The normalized spacial score (nSPS) is 11.9. The highest BCUT2D eigenvalue weighted by Gasteiger charge is 2.10. The van der Waals surface area contributed by atoms with Gasteiger partial charge in [-0.2, -0.15) is 0 Å². The molecule has 4 aromatic rings. The third-order valence-electron chi connectivity index (χ3n) is 4.35. The SMILES string of the molecule is CCc1ccc2ccc3c(C)ccc4ccc1c2c43. The first-order chi connectivity index (χ1) is 9.29. The molecule has 0 unspecified atom stereocenters. The second-order valence-corrected chi connectivity index (χ2v) is 5.38. The van der Waals surface area contributed by atoms with Gasteiger partial charge in [-0.1, -0.05) is 55.5 Å². The lowest BCUT2D eigenvalue weighted by Crippen LogP contribution is -1.89. The molecule has 4 aromatic carbocycles. The highest BCUT2D eigenvalue weighted by molar-refractivity contribution is 6.24. The van der Waals surface area contributed by atoms with Crippen molar-refractivity contribution in [2.24, 2.45) is 0 Å². The van der Waals surface area contributed by atoms with Crippen molar-refractivity contribution in [1.29, 1.82) is 0 Å². The number of hydrogen-bond donors (Lipinski definition) is 0. The molecule has 19 heavy (non-hydrogen) atoms. The maximum atomic E-state index is 2.29. The van der Waals surface area contributed by atoms with Crippen LogP contribution in [0, 0.1) is 6.92 Å². The summed E-state index contributed by atoms with van der Waals surface area (Å²) in [6, 6.07) is 18.1. The summed E-state index contributed by atoms with van der Waals surface area (Å²) in [6.45, 7) is 4.43. The van der Waals surface area contributed by atoms with E-state index in [0.717, 1.165) is 6.42 Å². The van der Waals surface area contributed by atoms with Crippen LogP contribution < -0.4 is 0 Å². The predicted octanol–water partition coefficient (Wildman–Crippen LogP) is 5.45. The minimum Gasteiger partial charge on any atom is -0.0613 e. The van der Waals surface area contributed by atoms with E-state index in [0.29, 0.717) is 0 Å². The first-order valence-electron chi connectivity index (χ1n) is 6.95. The zero-order chi connectivity index (χ0) is 13.0. The van der Waals surface area contributed by atoms with Crippen LogP contribution in [0.25, 0.3) is 32.3 Å². The van der Waals surface area contributed by atoms with Gasteiger partial charge in [0, 0.05) is 0 Å². The van der Waals surface area contributed by atoms with Crippen LogP contribution >= 0.6 is 0 Å². The standard InChI is InChI=1S/C19H16/c1-3-13-6-7-15-8-10-16-12(2)4-5-14-9-11-17(13)19(15)18(14)16/h4-11H,3H2,1-2H3. The Morgan fingerprint density at radius 3 is 2.00 bits per heavy atom. The maximum absolute atomic E-state index is 2.29. The van der Waals surface area contributed by atoms with Crippen molar-refractivity contribution in [3.05, 3.63) is 59.7 Å². The minimum atomic E-state index is 1.09. The number of hydrogen-bond acceptors (Lipinski definition) is 0. The molecule has 4 rings (SSSR count). The molecule has 0 aliphatic carbocycles. The Bertz CT molecular complexity index is 900. The molecule has 0 spiro atoms. The van der Waals surface area contributed by atoms with Crippen LogP contribution in [0.4, 0.5) is 0 Å². The van der Waals surface area contributed by atoms with Crippen molar-refractivity contribution >= 4 is 32.3 Å². The molecule has 0 aliphatic heterocycles. The Morgan fingerprint density at radius 1 is 0.684 bits per heavy atom. The predicted molar refractivity (Wildman–Crippen MR) is 84.3 cm³/mol. The highest BCUT2D eigenvalue weighted by Crippen LogP contribution is 2.37. The van der Waals surface area contributed by atoms with Crippen molar-refractivity contribution in [3.8, 4) is 0 Å². The third kappa shape index (κ3) is 1.34. The van der Waals surface area contributed by atoms with E-state index in [1.807, 2.05) is 0 Å². The summed E-state index contributed by atoms with van der Waals surface area (Å²) >= 11 is 0. The van der Waals surface area contributed by atoms with Crippen LogP contribution in [0.3, 0.4) is 0 Å². The molecule has 0 nitrogen and oxygen atoms in total. The van der Waals surface area contributed by atoms with E-state index >= 15 is 0 Å². The van der Waals surface area contributed by atoms with E-state index in [-0.39, 0.29) is 0 Å². The molecule has 0 fully saturated rings. The minimum absolute atomic E-state index is 1.09. The van der Waals surface area contributed by atoms with E-state index < -0.39 is 0 Å². The second-order valence-electron chi connectivity index (χ2n) is 5.38. The van der Waals surface area contributed by atoms with Gasteiger partial charge in [0.1, 0.15) is 0 Å². The molecule has 0 heteroatoms.